The summed E-state index contributed by atoms with van der Waals surface area (Å²) in [5.74, 6) is 2.16. The monoisotopic (exact) mass is 447 g/mol. The molecule has 2 saturated heterocycles. The van der Waals surface area contributed by atoms with Gasteiger partial charge in [-0.1, -0.05) is 45.0 Å². The zero-order valence-electron chi connectivity index (χ0n) is 20.2. The summed E-state index contributed by atoms with van der Waals surface area (Å²) < 4.78 is 5.42. The molecule has 5 heteroatoms. The molecule has 0 radical (unpaired) electrons. The lowest BCUT2D eigenvalue weighted by Gasteiger charge is -2.28. The third-order valence-electron chi connectivity index (χ3n) is 7.68. The first-order valence-corrected chi connectivity index (χ1v) is 12.4. The van der Waals surface area contributed by atoms with Gasteiger partial charge in [-0.05, 0) is 58.6 Å². The lowest BCUT2D eigenvalue weighted by atomic mass is 9.87. The van der Waals surface area contributed by atoms with Crippen molar-refractivity contribution >= 4 is 11.6 Å². The number of hydrogen-bond donors (Lipinski definition) is 1. The average Bonchev–Trinajstić information content (AvgIpc) is 3.28. The second kappa shape index (κ2) is 9.11. The molecule has 3 fully saturated rings. The van der Waals surface area contributed by atoms with E-state index in [0.717, 1.165) is 69.9 Å². The Morgan fingerprint density at radius 3 is 2.21 bits per heavy atom. The number of nitrogens with one attached hydrogen (secondary N) is 1. The highest BCUT2D eigenvalue weighted by molar-refractivity contribution is 5.94. The molecular formula is C28H37N3O2. The summed E-state index contributed by atoms with van der Waals surface area (Å²) in [4.78, 5) is 17.5. The van der Waals surface area contributed by atoms with Crippen molar-refractivity contribution < 1.29 is 9.53 Å². The molecule has 2 aromatic rings. The number of hydrogen-bond acceptors (Lipinski definition) is 4. The van der Waals surface area contributed by atoms with Crippen LogP contribution in [0.15, 0.2) is 48.5 Å². The highest BCUT2D eigenvalue weighted by atomic mass is 16.5. The Labute approximate surface area is 198 Å². The number of rotatable bonds is 6. The predicted molar refractivity (Wildman–Crippen MR) is 133 cm³/mol. The molecular weight excluding hydrogens is 410 g/mol. The third kappa shape index (κ3) is 5.10. The minimum atomic E-state index is 0.0456. The van der Waals surface area contributed by atoms with Crippen molar-refractivity contribution in [3.05, 3.63) is 65.2 Å². The van der Waals surface area contributed by atoms with E-state index in [1.807, 2.05) is 12.1 Å². The molecule has 5 rings (SSSR count). The molecule has 33 heavy (non-hydrogen) atoms. The first-order valence-electron chi connectivity index (χ1n) is 12.4. The normalized spacial score (nSPS) is 25.1. The number of nitrogens with zero attached hydrogens (tertiary/aromatic N) is 2. The molecule has 2 heterocycles. The van der Waals surface area contributed by atoms with E-state index >= 15 is 0 Å². The lowest BCUT2D eigenvalue weighted by Crippen LogP contribution is -2.36. The Kier molecular flexibility index (Phi) is 6.19. The summed E-state index contributed by atoms with van der Waals surface area (Å²) in [5.41, 5.74) is 4.91. The molecule has 1 aliphatic carbocycles. The van der Waals surface area contributed by atoms with Crippen molar-refractivity contribution in [3.8, 4) is 0 Å². The molecule has 2 aliphatic heterocycles. The minimum absolute atomic E-state index is 0.0456. The van der Waals surface area contributed by atoms with Crippen LogP contribution in [-0.4, -0.2) is 56.7 Å². The zero-order valence-corrected chi connectivity index (χ0v) is 20.2. The Balaban J connectivity index is 1.05. The van der Waals surface area contributed by atoms with Gasteiger partial charge in [0.1, 0.15) is 0 Å². The van der Waals surface area contributed by atoms with Gasteiger partial charge in [-0.3, -0.25) is 9.69 Å². The molecule has 1 amide bonds. The Morgan fingerprint density at radius 2 is 1.61 bits per heavy atom. The lowest BCUT2D eigenvalue weighted by molar-refractivity contribution is 0.0949. The van der Waals surface area contributed by atoms with E-state index in [1.165, 1.54) is 16.8 Å². The second-order valence-electron chi connectivity index (χ2n) is 11.0. The summed E-state index contributed by atoms with van der Waals surface area (Å²) in [6, 6.07) is 17.1. The first-order chi connectivity index (χ1) is 15.9. The van der Waals surface area contributed by atoms with Crippen LogP contribution >= 0.6 is 0 Å². The molecule has 5 nitrogen and oxygen atoms in total. The van der Waals surface area contributed by atoms with Crippen molar-refractivity contribution in [1.82, 2.24) is 10.2 Å². The SMILES string of the molecule is CC(C)(C)c1ccc(CN2CC3C(CNC(=O)c4ccc(N5CCOCC5)cc4)C3C2)cc1. The van der Waals surface area contributed by atoms with E-state index < -0.39 is 0 Å². The van der Waals surface area contributed by atoms with Crippen molar-refractivity contribution in [1.29, 1.82) is 0 Å². The molecule has 2 unspecified atom stereocenters. The fraction of sp³-hybridized carbons (Fsp3) is 0.536. The summed E-state index contributed by atoms with van der Waals surface area (Å²) in [6.07, 6.45) is 0. The number of morpholine rings is 1. The molecule has 1 saturated carbocycles. The van der Waals surface area contributed by atoms with Crippen molar-refractivity contribution in [2.75, 3.05) is 50.8 Å². The molecule has 2 aromatic carbocycles. The van der Waals surface area contributed by atoms with Crippen LogP contribution in [0.1, 0.15) is 42.3 Å². The number of ether oxygens (including phenoxy) is 1. The highest BCUT2D eigenvalue weighted by Crippen LogP contribution is 2.51. The van der Waals surface area contributed by atoms with Gasteiger partial charge < -0.3 is 15.0 Å². The minimum Gasteiger partial charge on any atom is -0.378 e. The van der Waals surface area contributed by atoms with E-state index in [0.29, 0.717) is 5.92 Å². The Bertz CT molecular complexity index is 946. The van der Waals surface area contributed by atoms with Gasteiger partial charge in [0.15, 0.2) is 0 Å². The number of carbonyl (C=O) groups excluding carboxylic acids is 1. The number of amides is 1. The number of benzene rings is 2. The Morgan fingerprint density at radius 1 is 0.970 bits per heavy atom. The summed E-state index contributed by atoms with van der Waals surface area (Å²) >= 11 is 0. The van der Waals surface area contributed by atoms with Gasteiger partial charge in [-0.2, -0.15) is 0 Å². The van der Waals surface area contributed by atoms with Gasteiger partial charge in [0.25, 0.3) is 5.91 Å². The quantitative estimate of drug-likeness (QED) is 0.729. The maximum Gasteiger partial charge on any atom is 0.251 e. The van der Waals surface area contributed by atoms with Gasteiger partial charge in [-0.25, -0.2) is 0 Å². The zero-order chi connectivity index (χ0) is 23.0. The first kappa shape index (κ1) is 22.4. The smallest absolute Gasteiger partial charge is 0.251 e. The van der Waals surface area contributed by atoms with E-state index in [9.17, 15) is 4.79 Å². The van der Waals surface area contributed by atoms with Crippen LogP contribution in [0.5, 0.6) is 0 Å². The topological polar surface area (TPSA) is 44.8 Å². The van der Waals surface area contributed by atoms with Gasteiger partial charge in [0.2, 0.25) is 0 Å². The molecule has 0 spiro atoms. The number of likely N-dealkylation sites (tertiary alicyclic amines) is 1. The molecule has 3 aliphatic rings. The van der Waals surface area contributed by atoms with Crippen molar-refractivity contribution in [3.63, 3.8) is 0 Å². The van der Waals surface area contributed by atoms with E-state index in [2.05, 4.69) is 72.3 Å². The molecule has 0 aromatic heterocycles. The third-order valence-corrected chi connectivity index (χ3v) is 7.68. The number of carbonyl (C=O) groups is 1. The van der Waals surface area contributed by atoms with Crippen LogP contribution in [0.3, 0.4) is 0 Å². The summed E-state index contributed by atoms with van der Waals surface area (Å²) in [6.45, 7) is 14.3. The van der Waals surface area contributed by atoms with Gasteiger partial charge in [0.05, 0.1) is 13.2 Å². The maximum atomic E-state index is 12.6. The number of anilines is 1. The van der Waals surface area contributed by atoms with Crippen LogP contribution in [0.2, 0.25) is 0 Å². The second-order valence-corrected chi connectivity index (χ2v) is 11.0. The summed E-state index contributed by atoms with van der Waals surface area (Å²) in [7, 11) is 0. The Hall–Kier alpha value is -2.37. The van der Waals surface area contributed by atoms with Crippen LogP contribution in [-0.2, 0) is 16.7 Å². The maximum absolute atomic E-state index is 12.6. The largest absolute Gasteiger partial charge is 0.378 e. The summed E-state index contributed by atoms with van der Waals surface area (Å²) in [5, 5.41) is 3.18. The van der Waals surface area contributed by atoms with Crippen LogP contribution < -0.4 is 10.2 Å². The number of piperidine rings is 1. The average molecular weight is 448 g/mol. The van der Waals surface area contributed by atoms with E-state index in [1.54, 1.807) is 0 Å². The fourth-order valence-corrected chi connectivity index (χ4v) is 5.49. The van der Waals surface area contributed by atoms with Crippen molar-refractivity contribution in [2.24, 2.45) is 17.8 Å². The molecule has 0 bridgehead atoms. The molecule has 2 atom stereocenters. The van der Waals surface area contributed by atoms with Gasteiger partial charge >= 0.3 is 0 Å². The predicted octanol–water partition coefficient (Wildman–Crippen LogP) is 3.93. The van der Waals surface area contributed by atoms with Crippen LogP contribution in [0.25, 0.3) is 0 Å². The van der Waals surface area contributed by atoms with E-state index in [-0.39, 0.29) is 11.3 Å². The highest BCUT2D eigenvalue weighted by Gasteiger charge is 2.55. The van der Waals surface area contributed by atoms with Gasteiger partial charge in [-0.15, -0.1) is 0 Å². The molecule has 1 N–H and O–H groups in total. The van der Waals surface area contributed by atoms with E-state index in [4.69, 9.17) is 4.74 Å². The standard InChI is InChI=1S/C28H37N3O2/c1-28(2,3)22-8-4-20(5-9-22)17-30-18-25-24(26(25)19-30)16-29-27(32)21-6-10-23(11-7-21)31-12-14-33-15-13-31/h4-11,24-26H,12-19H2,1-3H3,(H,29,32). The van der Waals surface area contributed by atoms with Crippen LogP contribution in [0.4, 0.5) is 5.69 Å². The van der Waals surface area contributed by atoms with Crippen LogP contribution in [0, 0.1) is 17.8 Å². The number of fused-ring (bicyclic) bond motifs is 1. The van der Waals surface area contributed by atoms with Gasteiger partial charge in [0, 0.05) is 50.5 Å². The fourth-order valence-electron chi connectivity index (χ4n) is 5.49. The molecule has 176 valence electrons. The van der Waals surface area contributed by atoms with Crippen molar-refractivity contribution in [2.45, 2.75) is 32.7 Å².